The van der Waals surface area contributed by atoms with Crippen molar-refractivity contribution in [3.8, 4) is 0 Å². The fourth-order valence-corrected chi connectivity index (χ4v) is 1.24. The van der Waals surface area contributed by atoms with Gasteiger partial charge in [-0.3, -0.25) is 0 Å². The molecule has 0 rings (SSSR count). The quantitative estimate of drug-likeness (QED) is 0.644. The van der Waals surface area contributed by atoms with E-state index in [1.165, 1.54) is 0 Å². The van der Waals surface area contributed by atoms with Crippen LogP contribution >= 0.6 is 0 Å². The number of aliphatic hydroxyl groups excluding tert-OH is 1. The average molecular weight is 188 g/mol. The van der Waals surface area contributed by atoms with Crippen molar-refractivity contribution in [2.24, 2.45) is 11.7 Å². The van der Waals surface area contributed by atoms with Crippen LogP contribution in [0.3, 0.4) is 0 Å². The molecule has 1 atom stereocenters. The van der Waals surface area contributed by atoms with Gasteiger partial charge in [-0.05, 0) is 32.9 Å². The molecule has 1 unspecified atom stereocenters. The van der Waals surface area contributed by atoms with Crippen molar-refractivity contribution in [1.82, 2.24) is 4.90 Å². The second-order valence-corrected chi connectivity index (χ2v) is 4.72. The van der Waals surface area contributed by atoms with Gasteiger partial charge in [0.05, 0.1) is 6.61 Å². The molecular formula is C10H24N2O. The zero-order chi connectivity index (χ0) is 10.5. The Hall–Kier alpha value is -0.120. The van der Waals surface area contributed by atoms with Gasteiger partial charge in [-0.25, -0.2) is 0 Å². The molecule has 0 amide bonds. The van der Waals surface area contributed by atoms with Crippen LogP contribution in [0.15, 0.2) is 0 Å². The van der Waals surface area contributed by atoms with E-state index >= 15 is 0 Å². The lowest BCUT2D eigenvalue weighted by Gasteiger charge is -2.26. The third-order valence-corrected chi connectivity index (χ3v) is 2.10. The highest BCUT2D eigenvalue weighted by molar-refractivity contribution is 4.78. The molecule has 0 saturated carbocycles. The zero-order valence-corrected chi connectivity index (χ0v) is 9.38. The topological polar surface area (TPSA) is 49.5 Å². The minimum Gasteiger partial charge on any atom is -0.394 e. The van der Waals surface area contributed by atoms with Crippen molar-refractivity contribution in [3.63, 3.8) is 0 Å². The standard InChI is InChI=1S/C10H24N2O/c1-9(2)7-12(4)6-5-10(3,11)8-13/h9,13H,5-8,11H2,1-4H3. The van der Waals surface area contributed by atoms with Crippen molar-refractivity contribution in [1.29, 1.82) is 0 Å². The van der Waals surface area contributed by atoms with Crippen molar-refractivity contribution < 1.29 is 5.11 Å². The lowest BCUT2D eigenvalue weighted by atomic mass is 10.0. The maximum atomic E-state index is 8.95. The third-order valence-electron chi connectivity index (χ3n) is 2.10. The molecule has 13 heavy (non-hydrogen) atoms. The van der Waals surface area contributed by atoms with Gasteiger partial charge in [-0.2, -0.15) is 0 Å². The maximum Gasteiger partial charge on any atom is 0.0608 e. The Morgan fingerprint density at radius 2 is 2.00 bits per heavy atom. The van der Waals surface area contributed by atoms with Crippen molar-refractivity contribution >= 4 is 0 Å². The second kappa shape index (κ2) is 5.58. The zero-order valence-electron chi connectivity index (χ0n) is 9.38. The molecule has 80 valence electrons. The van der Waals surface area contributed by atoms with Crippen molar-refractivity contribution in [2.75, 3.05) is 26.7 Å². The summed E-state index contributed by atoms with van der Waals surface area (Å²) in [6.45, 7) is 8.38. The van der Waals surface area contributed by atoms with Gasteiger partial charge in [-0.15, -0.1) is 0 Å². The first-order chi connectivity index (χ1) is 5.87. The van der Waals surface area contributed by atoms with Gasteiger partial charge in [0.15, 0.2) is 0 Å². The minimum atomic E-state index is -0.425. The van der Waals surface area contributed by atoms with Gasteiger partial charge in [0.1, 0.15) is 0 Å². The van der Waals surface area contributed by atoms with E-state index in [1.807, 2.05) is 6.92 Å². The van der Waals surface area contributed by atoms with E-state index in [4.69, 9.17) is 10.8 Å². The molecule has 3 heteroatoms. The fraction of sp³-hybridized carbons (Fsp3) is 1.00. The minimum absolute atomic E-state index is 0.0581. The van der Waals surface area contributed by atoms with Crippen LogP contribution in [0.2, 0.25) is 0 Å². The van der Waals surface area contributed by atoms with E-state index in [0.717, 1.165) is 19.5 Å². The molecule has 0 aliphatic carbocycles. The summed E-state index contributed by atoms with van der Waals surface area (Å²) in [5.41, 5.74) is 5.39. The Morgan fingerprint density at radius 3 is 2.38 bits per heavy atom. The summed E-state index contributed by atoms with van der Waals surface area (Å²) >= 11 is 0. The molecule has 3 N–H and O–H groups in total. The summed E-state index contributed by atoms with van der Waals surface area (Å²) < 4.78 is 0. The van der Waals surface area contributed by atoms with Crippen LogP contribution in [0.1, 0.15) is 27.2 Å². The largest absolute Gasteiger partial charge is 0.394 e. The predicted molar refractivity (Wildman–Crippen MR) is 56.6 cm³/mol. The molecule has 0 heterocycles. The van der Waals surface area contributed by atoms with Crippen molar-refractivity contribution in [2.45, 2.75) is 32.7 Å². The lowest BCUT2D eigenvalue weighted by Crippen LogP contribution is -2.43. The monoisotopic (exact) mass is 188 g/mol. The van der Waals surface area contributed by atoms with Gasteiger partial charge in [0.2, 0.25) is 0 Å². The molecule has 0 aliphatic heterocycles. The molecule has 0 radical (unpaired) electrons. The molecular weight excluding hydrogens is 164 g/mol. The number of nitrogens with two attached hydrogens (primary N) is 1. The molecule has 0 aromatic carbocycles. The van der Waals surface area contributed by atoms with E-state index in [0.29, 0.717) is 5.92 Å². The molecule has 0 aromatic heterocycles. The van der Waals surface area contributed by atoms with Crippen LogP contribution in [0.5, 0.6) is 0 Å². The van der Waals surface area contributed by atoms with E-state index in [1.54, 1.807) is 0 Å². The summed E-state index contributed by atoms with van der Waals surface area (Å²) in [5.74, 6) is 0.683. The molecule has 0 aliphatic rings. The van der Waals surface area contributed by atoms with E-state index in [2.05, 4.69) is 25.8 Å². The van der Waals surface area contributed by atoms with Gasteiger partial charge in [0.25, 0.3) is 0 Å². The van der Waals surface area contributed by atoms with E-state index < -0.39 is 5.54 Å². The maximum absolute atomic E-state index is 8.95. The van der Waals surface area contributed by atoms with Crippen molar-refractivity contribution in [3.05, 3.63) is 0 Å². The first kappa shape index (κ1) is 12.9. The number of nitrogens with zero attached hydrogens (tertiary/aromatic N) is 1. The summed E-state index contributed by atoms with van der Waals surface area (Å²) in [5, 5.41) is 8.95. The molecule has 0 aromatic rings. The van der Waals surface area contributed by atoms with Crippen LogP contribution in [0.4, 0.5) is 0 Å². The predicted octanol–water partition coefficient (Wildman–Crippen LogP) is 0.674. The summed E-state index contributed by atoms with van der Waals surface area (Å²) in [6, 6.07) is 0. The van der Waals surface area contributed by atoms with Crippen LogP contribution in [-0.2, 0) is 0 Å². The SMILES string of the molecule is CC(C)CN(C)CCC(C)(N)CO. The number of hydrogen-bond acceptors (Lipinski definition) is 3. The van der Waals surface area contributed by atoms with Crippen LogP contribution in [0, 0.1) is 5.92 Å². The Kier molecular flexibility index (Phi) is 5.53. The van der Waals surface area contributed by atoms with Gasteiger partial charge >= 0.3 is 0 Å². The Labute approximate surface area is 81.9 Å². The highest BCUT2D eigenvalue weighted by Crippen LogP contribution is 2.06. The Balaban J connectivity index is 3.63. The third kappa shape index (κ3) is 6.99. The number of hydrogen-bond donors (Lipinski definition) is 2. The van der Waals surface area contributed by atoms with Gasteiger partial charge < -0.3 is 15.7 Å². The van der Waals surface area contributed by atoms with E-state index in [-0.39, 0.29) is 6.61 Å². The lowest BCUT2D eigenvalue weighted by molar-refractivity contribution is 0.179. The molecule has 3 nitrogen and oxygen atoms in total. The van der Waals surface area contributed by atoms with Gasteiger partial charge in [-0.1, -0.05) is 13.8 Å². The number of aliphatic hydroxyl groups is 1. The van der Waals surface area contributed by atoms with E-state index in [9.17, 15) is 0 Å². The average Bonchev–Trinajstić information content (AvgIpc) is 2.00. The molecule has 0 spiro atoms. The molecule has 0 bridgehead atoms. The fourth-order valence-electron chi connectivity index (χ4n) is 1.24. The molecule has 0 saturated heterocycles. The summed E-state index contributed by atoms with van der Waals surface area (Å²) in [7, 11) is 2.09. The van der Waals surface area contributed by atoms with Crippen LogP contribution in [-0.4, -0.2) is 42.3 Å². The highest BCUT2D eigenvalue weighted by Gasteiger charge is 2.17. The first-order valence-electron chi connectivity index (χ1n) is 4.95. The molecule has 0 fully saturated rings. The number of rotatable bonds is 6. The Morgan fingerprint density at radius 1 is 1.46 bits per heavy atom. The van der Waals surface area contributed by atoms with Gasteiger partial charge in [0, 0.05) is 12.1 Å². The highest BCUT2D eigenvalue weighted by atomic mass is 16.3. The second-order valence-electron chi connectivity index (χ2n) is 4.72. The summed E-state index contributed by atoms with van der Waals surface area (Å²) in [4.78, 5) is 2.26. The van der Waals surface area contributed by atoms with Crippen LogP contribution < -0.4 is 5.73 Å². The summed E-state index contributed by atoms with van der Waals surface area (Å²) in [6.07, 6.45) is 0.840. The Bertz CT molecular complexity index is 135. The first-order valence-corrected chi connectivity index (χ1v) is 4.95. The normalized spacial score (nSPS) is 16.6. The van der Waals surface area contributed by atoms with Crippen LogP contribution in [0.25, 0.3) is 0 Å². The smallest absolute Gasteiger partial charge is 0.0608 e.